The summed E-state index contributed by atoms with van der Waals surface area (Å²) in [6, 6.07) is 18.6. The Labute approximate surface area is 168 Å². The predicted molar refractivity (Wildman–Crippen MR) is 121 cm³/mol. The zero-order valence-corrected chi connectivity index (χ0v) is 18.9. The molecular weight excluding hydrogens is 324 g/mol. The predicted octanol–water partition coefficient (Wildman–Crippen LogP) is 7.77. The number of rotatable bonds is 6. The molecule has 0 radical (unpaired) electrons. The average molecular weight is 365 g/mol. The van der Waals surface area contributed by atoms with Crippen molar-refractivity contribution in [3.63, 3.8) is 0 Å². The van der Waals surface area contributed by atoms with Crippen molar-refractivity contribution in [2.24, 2.45) is 10.8 Å². The van der Waals surface area contributed by atoms with Crippen LogP contribution in [0.1, 0.15) is 84.1 Å². The molecule has 0 saturated heterocycles. The second-order valence-corrected chi connectivity index (χ2v) is 11.4. The van der Waals surface area contributed by atoms with E-state index in [2.05, 4.69) is 104 Å². The van der Waals surface area contributed by atoms with Gasteiger partial charge in [0.15, 0.2) is 0 Å². The number of hydrogen-bond acceptors (Lipinski definition) is 0. The molecule has 0 saturated carbocycles. The quantitative estimate of drug-likeness (QED) is 0.491. The number of hydrogen-bond donors (Lipinski definition) is 0. The maximum Gasteiger partial charge on any atom is -0.00986 e. The van der Waals surface area contributed by atoms with Gasteiger partial charge in [-0.2, -0.15) is 0 Å². The van der Waals surface area contributed by atoms with E-state index in [4.69, 9.17) is 0 Å². The third-order valence-corrected chi connectivity index (χ3v) is 5.17. The zero-order valence-electron chi connectivity index (χ0n) is 18.9. The molecule has 2 rings (SSSR count). The van der Waals surface area contributed by atoms with Gasteiger partial charge >= 0.3 is 0 Å². The number of benzene rings is 2. The van der Waals surface area contributed by atoms with Crippen LogP contribution in [0.4, 0.5) is 0 Å². The van der Waals surface area contributed by atoms with Gasteiger partial charge in [-0.15, -0.1) is 0 Å². The van der Waals surface area contributed by atoms with Crippen molar-refractivity contribution in [1.29, 1.82) is 0 Å². The van der Waals surface area contributed by atoms with Crippen LogP contribution in [0.15, 0.2) is 48.5 Å². The largest absolute Gasteiger partial charge is 0.0601 e. The van der Waals surface area contributed by atoms with Gasteiger partial charge in [0.1, 0.15) is 0 Å². The Morgan fingerprint density at radius 3 is 1.33 bits per heavy atom. The smallest absolute Gasteiger partial charge is 0.00986 e. The Hall–Kier alpha value is -1.56. The minimum absolute atomic E-state index is 0.222. The summed E-state index contributed by atoms with van der Waals surface area (Å²) in [5, 5.41) is 0. The van der Waals surface area contributed by atoms with E-state index in [1.165, 1.54) is 28.7 Å². The van der Waals surface area contributed by atoms with E-state index in [1.807, 2.05) is 0 Å². The lowest BCUT2D eigenvalue weighted by Crippen LogP contribution is -2.24. The van der Waals surface area contributed by atoms with E-state index in [1.54, 1.807) is 0 Å². The average Bonchev–Trinajstić information content (AvgIpc) is 2.51. The Bertz CT molecular complexity index is 701. The topological polar surface area (TPSA) is 0 Å². The highest BCUT2D eigenvalue weighted by atomic mass is 14.3. The third kappa shape index (κ3) is 7.53. The lowest BCUT2D eigenvalue weighted by atomic mass is 9.72. The summed E-state index contributed by atoms with van der Waals surface area (Å²) in [6.07, 6.45) is 4.55. The first-order chi connectivity index (χ1) is 12.3. The molecule has 0 atom stereocenters. The van der Waals surface area contributed by atoms with Crippen molar-refractivity contribution in [1.82, 2.24) is 0 Å². The molecule has 0 aromatic heterocycles. The molecule has 0 heteroatoms. The van der Waals surface area contributed by atoms with Crippen LogP contribution < -0.4 is 0 Å². The molecule has 2 aromatic rings. The van der Waals surface area contributed by atoms with Crippen LogP contribution in [0.25, 0.3) is 0 Å². The fraction of sp³-hybridized carbons (Fsp3) is 0.556. The molecule has 0 aliphatic rings. The van der Waals surface area contributed by atoms with Gasteiger partial charge in [0.25, 0.3) is 0 Å². The lowest BCUT2D eigenvalue weighted by molar-refractivity contribution is 0.284. The minimum Gasteiger partial charge on any atom is -0.0601 e. The van der Waals surface area contributed by atoms with E-state index < -0.39 is 0 Å². The van der Waals surface area contributed by atoms with Crippen LogP contribution in [0, 0.1) is 10.8 Å². The first kappa shape index (κ1) is 21.7. The van der Waals surface area contributed by atoms with Gasteiger partial charge in [-0.25, -0.2) is 0 Å². The molecule has 0 heterocycles. The van der Waals surface area contributed by atoms with Crippen LogP contribution in [0.5, 0.6) is 0 Å². The molecule has 27 heavy (non-hydrogen) atoms. The Morgan fingerprint density at radius 1 is 0.519 bits per heavy atom. The van der Waals surface area contributed by atoms with Crippen molar-refractivity contribution in [2.45, 2.75) is 86.5 Å². The van der Waals surface area contributed by atoms with E-state index in [-0.39, 0.29) is 5.41 Å². The molecular formula is C27H40. The van der Waals surface area contributed by atoms with Crippen molar-refractivity contribution >= 4 is 0 Å². The molecule has 0 aliphatic carbocycles. The first-order valence-electron chi connectivity index (χ1n) is 10.5. The van der Waals surface area contributed by atoms with Crippen LogP contribution in [-0.4, -0.2) is 0 Å². The molecule has 0 fully saturated rings. The van der Waals surface area contributed by atoms with E-state index >= 15 is 0 Å². The maximum absolute atomic E-state index is 2.37. The molecule has 2 aromatic carbocycles. The van der Waals surface area contributed by atoms with Crippen LogP contribution >= 0.6 is 0 Å². The fourth-order valence-electron chi connectivity index (χ4n) is 4.28. The van der Waals surface area contributed by atoms with Crippen molar-refractivity contribution < 1.29 is 0 Å². The van der Waals surface area contributed by atoms with Crippen molar-refractivity contribution in [3.05, 3.63) is 70.8 Å². The third-order valence-electron chi connectivity index (χ3n) is 5.17. The Balaban J connectivity index is 1.95. The van der Waals surface area contributed by atoms with Gasteiger partial charge in [-0.3, -0.25) is 0 Å². The van der Waals surface area contributed by atoms with Crippen LogP contribution in [0.3, 0.4) is 0 Å². The lowest BCUT2D eigenvalue weighted by Gasteiger charge is -2.33. The summed E-state index contributed by atoms with van der Waals surface area (Å²) in [5.41, 5.74) is 6.68. The van der Waals surface area contributed by atoms with Gasteiger partial charge in [0, 0.05) is 0 Å². The Morgan fingerprint density at radius 2 is 0.926 bits per heavy atom. The van der Waals surface area contributed by atoms with Gasteiger partial charge in [-0.1, -0.05) is 104 Å². The highest BCUT2D eigenvalue weighted by molar-refractivity contribution is 5.30. The molecule has 0 spiro atoms. The summed E-state index contributed by atoms with van der Waals surface area (Å²) >= 11 is 0. The van der Waals surface area contributed by atoms with E-state index in [9.17, 15) is 0 Å². The van der Waals surface area contributed by atoms with Crippen molar-refractivity contribution in [3.8, 4) is 0 Å². The summed E-state index contributed by atoms with van der Waals surface area (Å²) in [5.74, 6) is 0. The summed E-state index contributed by atoms with van der Waals surface area (Å²) in [7, 11) is 0. The normalized spacial score (nSPS) is 13.0. The SMILES string of the molecule is CC(C)(C)Cc1ccc(CCc2ccc(C(C)(C)CC(C)(C)C)cc2)cc1. The molecule has 0 nitrogen and oxygen atoms in total. The van der Waals surface area contributed by atoms with E-state index in [0.29, 0.717) is 10.8 Å². The van der Waals surface area contributed by atoms with Gasteiger partial charge < -0.3 is 0 Å². The number of aryl methyl sites for hydroxylation is 2. The highest BCUT2D eigenvalue weighted by Gasteiger charge is 2.27. The van der Waals surface area contributed by atoms with Crippen molar-refractivity contribution in [2.75, 3.05) is 0 Å². The zero-order chi connectivity index (χ0) is 20.3. The minimum atomic E-state index is 0.222. The van der Waals surface area contributed by atoms with Gasteiger partial charge in [0.05, 0.1) is 0 Å². The molecule has 0 aliphatic heterocycles. The monoisotopic (exact) mass is 364 g/mol. The van der Waals surface area contributed by atoms with Crippen LogP contribution in [0.2, 0.25) is 0 Å². The summed E-state index contributed by atoms with van der Waals surface area (Å²) in [6.45, 7) is 18.6. The second-order valence-electron chi connectivity index (χ2n) is 11.4. The van der Waals surface area contributed by atoms with Crippen LogP contribution in [-0.2, 0) is 24.7 Å². The highest BCUT2D eigenvalue weighted by Crippen LogP contribution is 2.36. The first-order valence-corrected chi connectivity index (χ1v) is 10.5. The van der Waals surface area contributed by atoms with Gasteiger partial charge in [-0.05, 0) is 64.2 Å². The summed E-state index contributed by atoms with van der Waals surface area (Å²) in [4.78, 5) is 0. The second kappa shape index (κ2) is 8.21. The molecule has 0 bridgehead atoms. The van der Waals surface area contributed by atoms with Gasteiger partial charge in [0.2, 0.25) is 0 Å². The molecule has 148 valence electrons. The molecule has 0 unspecified atom stereocenters. The van der Waals surface area contributed by atoms with E-state index in [0.717, 1.165) is 19.3 Å². The Kier molecular flexibility index (Phi) is 6.61. The summed E-state index contributed by atoms with van der Waals surface area (Å²) < 4.78 is 0. The molecule has 0 amide bonds. The standard InChI is InChI=1S/C27H40/c1-25(2,3)19-23-13-11-21(12-14-23)9-10-22-15-17-24(18-16-22)27(7,8)20-26(4,5)6/h11-18H,9-10,19-20H2,1-8H3. The molecule has 0 N–H and O–H groups in total. The fourth-order valence-corrected chi connectivity index (χ4v) is 4.28. The maximum atomic E-state index is 2.37.